The number of carbonyl (C=O) groups is 1. The third-order valence-corrected chi connectivity index (χ3v) is 6.37. The van der Waals surface area contributed by atoms with Gasteiger partial charge in [-0.25, -0.2) is 19.3 Å². The normalized spacial score (nSPS) is 21.7. The van der Waals surface area contributed by atoms with Gasteiger partial charge in [-0.05, 0) is 49.4 Å². The largest absolute Gasteiger partial charge is 0.417 e. The molecular weight excluding hydrogens is 452 g/mol. The second-order valence-electron chi connectivity index (χ2n) is 8.62. The number of rotatable bonds is 4. The Bertz CT molecular complexity index is 1220. The second kappa shape index (κ2) is 8.30. The Labute approximate surface area is 192 Å². The molecule has 2 fully saturated rings. The smallest absolute Gasteiger partial charge is 0.365 e. The lowest BCUT2D eigenvalue weighted by Crippen LogP contribution is -2.48. The monoisotopic (exact) mass is 472 g/mol. The third kappa shape index (κ3) is 4.06. The van der Waals surface area contributed by atoms with E-state index in [4.69, 9.17) is 0 Å². The van der Waals surface area contributed by atoms with Crippen LogP contribution in [0.15, 0.2) is 43.0 Å². The van der Waals surface area contributed by atoms with Gasteiger partial charge in [0, 0.05) is 25.0 Å². The molecule has 5 rings (SSSR count). The van der Waals surface area contributed by atoms with Gasteiger partial charge in [0.15, 0.2) is 11.6 Å². The lowest BCUT2D eigenvalue weighted by Gasteiger charge is -2.34. The standard InChI is InChI=1S/C23H20F4N6O/c1-12-4-5-28-20(19(12)21-30-9-15(24)10-31-21)22(34)33-11-13-6-16(17(33)7-13)32-18-3-2-14(8-29-18)23(25,26)27/h2-5,8-10,13,16-17H,6-7,11H2,1H3,(H,29,32)/t13-,16-,17+/m1/s1. The summed E-state index contributed by atoms with van der Waals surface area (Å²) in [5.74, 6) is -0.0709. The van der Waals surface area contributed by atoms with E-state index >= 15 is 0 Å². The topological polar surface area (TPSA) is 83.9 Å². The number of hydrogen-bond donors (Lipinski definition) is 1. The summed E-state index contributed by atoms with van der Waals surface area (Å²) in [6.45, 7) is 2.36. The van der Waals surface area contributed by atoms with Crippen LogP contribution in [0.5, 0.6) is 0 Å². The van der Waals surface area contributed by atoms with E-state index in [0.29, 0.717) is 17.9 Å². The minimum atomic E-state index is -4.45. The van der Waals surface area contributed by atoms with Gasteiger partial charge < -0.3 is 10.2 Å². The highest BCUT2D eigenvalue weighted by Gasteiger charge is 2.48. The zero-order chi connectivity index (χ0) is 24.0. The molecule has 1 N–H and O–H groups in total. The molecule has 1 saturated heterocycles. The second-order valence-corrected chi connectivity index (χ2v) is 8.62. The van der Waals surface area contributed by atoms with Crippen LogP contribution in [0.2, 0.25) is 0 Å². The molecule has 3 aromatic rings. The van der Waals surface area contributed by atoms with Gasteiger partial charge in [0.05, 0.1) is 29.6 Å². The number of likely N-dealkylation sites (tertiary alicyclic amines) is 1. The lowest BCUT2D eigenvalue weighted by atomic mass is 10.0. The number of halogens is 4. The van der Waals surface area contributed by atoms with E-state index in [9.17, 15) is 22.4 Å². The first kappa shape index (κ1) is 22.2. The SMILES string of the molecule is Cc1ccnc(C(=O)N2C[C@@H]3C[C@@H](Nc4ccc(C(F)(F)F)cn4)[C@@H]2C3)c1-c1ncc(F)cn1. The molecule has 7 nitrogen and oxygen atoms in total. The van der Waals surface area contributed by atoms with Gasteiger partial charge in [0.25, 0.3) is 5.91 Å². The molecule has 2 bridgehead atoms. The van der Waals surface area contributed by atoms with Crippen LogP contribution in [0.4, 0.5) is 23.4 Å². The van der Waals surface area contributed by atoms with Crippen LogP contribution in [-0.2, 0) is 6.18 Å². The summed E-state index contributed by atoms with van der Waals surface area (Å²) in [7, 11) is 0. The number of hydrogen-bond acceptors (Lipinski definition) is 6. The van der Waals surface area contributed by atoms with Crippen molar-refractivity contribution in [1.82, 2.24) is 24.8 Å². The van der Waals surface area contributed by atoms with Gasteiger partial charge in [-0.1, -0.05) is 0 Å². The fraction of sp³-hybridized carbons (Fsp3) is 0.348. The average Bonchev–Trinajstić information content (AvgIpc) is 3.40. The van der Waals surface area contributed by atoms with E-state index in [1.807, 2.05) is 0 Å². The van der Waals surface area contributed by atoms with Crippen molar-refractivity contribution in [3.8, 4) is 11.4 Å². The number of aromatic nitrogens is 4. The number of piperidine rings is 1. The Hall–Kier alpha value is -3.63. The van der Waals surface area contributed by atoms with Gasteiger partial charge in [-0.15, -0.1) is 0 Å². The van der Waals surface area contributed by atoms with Crippen LogP contribution in [-0.4, -0.2) is 49.4 Å². The molecule has 0 radical (unpaired) electrons. The van der Waals surface area contributed by atoms with Gasteiger partial charge >= 0.3 is 6.18 Å². The third-order valence-electron chi connectivity index (χ3n) is 6.37. The predicted molar refractivity (Wildman–Crippen MR) is 114 cm³/mol. The highest BCUT2D eigenvalue weighted by Crippen LogP contribution is 2.40. The highest BCUT2D eigenvalue weighted by molar-refractivity contribution is 5.99. The zero-order valence-corrected chi connectivity index (χ0v) is 18.1. The van der Waals surface area contributed by atoms with Gasteiger partial charge in [-0.3, -0.25) is 9.78 Å². The van der Waals surface area contributed by atoms with Gasteiger partial charge in [0.2, 0.25) is 0 Å². The summed E-state index contributed by atoms with van der Waals surface area (Å²) in [6, 6.07) is 3.70. The molecule has 1 aliphatic heterocycles. The first-order valence-corrected chi connectivity index (χ1v) is 10.7. The molecule has 0 spiro atoms. The number of anilines is 1. The fourth-order valence-electron chi connectivity index (χ4n) is 4.83. The summed E-state index contributed by atoms with van der Waals surface area (Å²) >= 11 is 0. The molecular formula is C23H20F4N6O. The van der Waals surface area contributed by atoms with Crippen molar-refractivity contribution in [2.45, 2.75) is 38.0 Å². The molecule has 4 heterocycles. The van der Waals surface area contributed by atoms with E-state index in [1.54, 1.807) is 17.9 Å². The van der Waals surface area contributed by atoms with Crippen molar-refractivity contribution in [1.29, 1.82) is 0 Å². The van der Waals surface area contributed by atoms with E-state index < -0.39 is 17.6 Å². The predicted octanol–water partition coefficient (Wildman–Crippen LogP) is 4.12. The summed E-state index contributed by atoms with van der Waals surface area (Å²) in [6.07, 6.45) is 1.52. The molecule has 1 saturated carbocycles. The first-order valence-electron chi connectivity index (χ1n) is 10.7. The Morgan fingerprint density at radius 1 is 1.06 bits per heavy atom. The molecule has 1 amide bonds. The lowest BCUT2D eigenvalue weighted by molar-refractivity contribution is -0.137. The Balaban J connectivity index is 1.38. The van der Waals surface area contributed by atoms with Crippen LogP contribution in [0.3, 0.4) is 0 Å². The van der Waals surface area contributed by atoms with E-state index in [-0.39, 0.29) is 35.4 Å². The number of nitrogens with one attached hydrogen (secondary N) is 1. The molecule has 1 aliphatic carbocycles. The van der Waals surface area contributed by atoms with Crippen LogP contribution in [0, 0.1) is 18.7 Å². The number of aryl methyl sites for hydroxylation is 1. The van der Waals surface area contributed by atoms with Crippen LogP contribution >= 0.6 is 0 Å². The maximum atomic E-state index is 13.6. The van der Waals surface area contributed by atoms with Crippen molar-refractivity contribution in [2.24, 2.45) is 5.92 Å². The molecule has 0 aromatic carbocycles. The van der Waals surface area contributed by atoms with Crippen molar-refractivity contribution in [2.75, 3.05) is 11.9 Å². The summed E-state index contributed by atoms with van der Waals surface area (Å²) < 4.78 is 51.8. The minimum Gasteiger partial charge on any atom is -0.365 e. The van der Waals surface area contributed by atoms with Gasteiger partial charge in [-0.2, -0.15) is 13.2 Å². The van der Waals surface area contributed by atoms with Crippen molar-refractivity contribution in [3.63, 3.8) is 0 Å². The molecule has 11 heteroatoms. The molecule has 34 heavy (non-hydrogen) atoms. The van der Waals surface area contributed by atoms with Crippen LogP contribution < -0.4 is 5.32 Å². The summed E-state index contributed by atoms with van der Waals surface area (Å²) in [5, 5.41) is 3.19. The molecule has 3 atom stereocenters. The molecule has 2 aliphatic rings. The number of carbonyl (C=O) groups excluding carboxylic acids is 1. The van der Waals surface area contributed by atoms with Crippen LogP contribution in [0.1, 0.15) is 34.5 Å². The quantitative estimate of drug-likeness (QED) is 0.576. The fourth-order valence-corrected chi connectivity index (χ4v) is 4.83. The summed E-state index contributed by atoms with van der Waals surface area (Å²) in [4.78, 5) is 31.6. The maximum Gasteiger partial charge on any atom is 0.417 e. The number of fused-ring (bicyclic) bond motifs is 2. The van der Waals surface area contributed by atoms with E-state index in [1.165, 1.54) is 12.3 Å². The maximum absolute atomic E-state index is 13.6. The van der Waals surface area contributed by atoms with E-state index in [2.05, 4.69) is 25.3 Å². The Morgan fingerprint density at radius 2 is 1.82 bits per heavy atom. The molecule has 176 valence electrons. The summed E-state index contributed by atoms with van der Waals surface area (Å²) in [5.41, 5.74) is 0.552. The molecule has 0 unspecified atom stereocenters. The number of alkyl halides is 3. The number of nitrogens with zero attached hydrogens (tertiary/aromatic N) is 5. The number of pyridine rings is 2. The highest BCUT2D eigenvalue weighted by atomic mass is 19.4. The van der Waals surface area contributed by atoms with Crippen molar-refractivity contribution < 1.29 is 22.4 Å². The Kier molecular flexibility index (Phi) is 5.41. The average molecular weight is 472 g/mol. The van der Waals surface area contributed by atoms with Crippen LogP contribution in [0.25, 0.3) is 11.4 Å². The van der Waals surface area contributed by atoms with Gasteiger partial charge in [0.1, 0.15) is 11.5 Å². The zero-order valence-electron chi connectivity index (χ0n) is 18.1. The molecule has 3 aromatic heterocycles. The first-order chi connectivity index (χ1) is 16.2. The van der Waals surface area contributed by atoms with Crippen molar-refractivity contribution >= 4 is 11.7 Å². The number of amides is 1. The van der Waals surface area contributed by atoms with Crippen molar-refractivity contribution in [3.05, 3.63) is 65.6 Å². The minimum absolute atomic E-state index is 0.151. The van der Waals surface area contributed by atoms with E-state index in [0.717, 1.165) is 43.1 Å². The Morgan fingerprint density at radius 3 is 2.47 bits per heavy atom.